The van der Waals surface area contributed by atoms with Crippen molar-refractivity contribution in [1.29, 1.82) is 0 Å². The van der Waals surface area contributed by atoms with Crippen molar-refractivity contribution >= 4 is 33.6 Å². The van der Waals surface area contributed by atoms with E-state index in [4.69, 9.17) is 32.3 Å². The van der Waals surface area contributed by atoms with E-state index < -0.39 is 91.5 Å². The van der Waals surface area contributed by atoms with Crippen molar-refractivity contribution in [2.24, 2.45) is 0 Å². The van der Waals surface area contributed by atoms with E-state index in [-0.39, 0.29) is 19.3 Å². The fourth-order valence-corrected chi connectivity index (χ4v) is 12.6. The van der Waals surface area contributed by atoms with Crippen LogP contribution in [0.4, 0.5) is 0 Å². The van der Waals surface area contributed by atoms with Crippen LogP contribution in [0.3, 0.4) is 0 Å². The summed E-state index contributed by atoms with van der Waals surface area (Å²) in [7, 11) is -9.80. The monoisotopic (exact) mass is 1510 g/mol. The molecule has 18 heteroatoms. The zero-order valence-electron chi connectivity index (χ0n) is 66.1. The molecule has 0 radical (unpaired) electrons. The van der Waals surface area contributed by atoms with Crippen LogP contribution in [0.1, 0.15) is 342 Å². The van der Waals surface area contributed by atoms with Crippen molar-refractivity contribution in [1.82, 2.24) is 0 Å². The van der Waals surface area contributed by atoms with Crippen molar-refractivity contribution in [3.8, 4) is 0 Å². The molecule has 0 heterocycles. The molecule has 0 amide bonds. The van der Waals surface area contributed by atoms with Gasteiger partial charge in [0.15, 0.2) is 6.10 Å². The second-order valence-corrected chi connectivity index (χ2v) is 30.4. The molecule has 0 bridgehead atoms. The van der Waals surface area contributed by atoms with E-state index in [0.717, 1.165) is 154 Å². The van der Waals surface area contributed by atoms with Crippen molar-refractivity contribution in [2.75, 3.05) is 39.6 Å². The molecule has 5 atom stereocenters. The molecule has 0 aromatic heterocycles. The van der Waals surface area contributed by atoms with Gasteiger partial charge in [0.25, 0.3) is 0 Å². The Labute approximate surface area is 639 Å². The molecule has 105 heavy (non-hydrogen) atoms. The lowest BCUT2D eigenvalue weighted by Gasteiger charge is -2.21. The van der Waals surface area contributed by atoms with Gasteiger partial charge in [-0.05, 0) is 141 Å². The van der Waals surface area contributed by atoms with E-state index in [1.54, 1.807) is 0 Å². The first-order valence-corrected chi connectivity index (χ1v) is 44.5. The van der Waals surface area contributed by atoms with Gasteiger partial charge in [-0.25, -0.2) is 9.13 Å². The van der Waals surface area contributed by atoms with Crippen molar-refractivity contribution in [3.05, 3.63) is 134 Å². The van der Waals surface area contributed by atoms with Gasteiger partial charge in [0, 0.05) is 19.3 Å². The lowest BCUT2D eigenvalue weighted by atomic mass is 10.0. The highest BCUT2D eigenvalue weighted by molar-refractivity contribution is 7.47. The first kappa shape index (κ1) is 101. The molecule has 0 fully saturated rings. The minimum absolute atomic E-state index is 0.0855. The summed E-state index contributed by atoms with van der Waals surface area (Å²) < 4.78 is 61.2. The first-order chi connectivity index (χ1) is 51.2. The van der Waals surface area contributed by atoms with Crippen molar-refractivity contribution in [3.63, 3.8) is 0 Å². The summed E-state index contributed by atoms with van der Waals surface area (Å²) in [6.07, 6.45) is 96.4. The van der Waals surface area contributed by atoms with Crippen LogP contribution in [-0.2, 0) is 55.8 Å². The standard InChI is InChI=1S/C87H150O16P2/c1-4-7-10-13-16-19-22-25-28-30-32-34-36-38-39-40-41-43-45-46-48-50-53-55-58-61-64-67-70-73-85(90)97-76-82(88)77-99-104(93,94)100-78-83(89)79-101-105(95,96)102-81-84(103-87(92)75-72-69-66-63-60-57-52-27-24-21-18-15-12-9-6-3)80-98-86(91)74-71-68-65-62-59-56-54-51-49-47-44-42-37-35-33-31-29-26-23-20-17-14-11-8-5-2/h7,10,16-21,25-29,32-35,38-39,42,44,52,82-84,88-89H,4-6,8-9,11-15,22-24,30-31,36-37,40-41,43,45-51,53-81H2,1-3H3,(H,93,94)(H,95,96)/b10-7-,19-16-,20-17-,21-18-,28-25-,29-26-,34-32-,35-33-,39-38-,44-42-,52-27-. The van der Waals surface area contributed by atoms with Gasteiger partial charge in [-0.3, -0.25) is 32.5 Å². The lowest BCUT2D eigenvalue weighted by Crippen LogP contribution is -2.30. The molecule has 0 aromatic carbocycles. The number of aliphatic hydroxyl groups is 2. The average molecular weight is 1510 g/mol. The zero-order chi connectivity index (χ0) is 76.6. The number of phosphoric ester groups is 2. The molecule has 4 N–H and O–H groups in total. The molecule has 0 saturated heterocycles. The van der Waals surface area contributed by atoms with Gasteiger partial charge in [-0.1, -0.05) is 315 Å². The van der Waals surface area contributed by atoms with E-state index in [9.17, 15) is 43.5 Å². The van der Waals surface area contributed by atoms with Crippen LogP contribution in [0, 0.1) is 0 Å². The predicted octanol–water partition coefficient (Wildman–Crippen LogP) is 24.7. The van der Waals surface area contributed by atoms with Gasteiger partial charge >= 0.3 is 33.6 Å². The summed E-state index contributed by atoms with van der Waals surface area (Å²) in [6, 6.07) is 0. The van der Waals surface area contributed by atoms with Crippen molar-refractivity contribution < 1.29 is 75.8 Å². The Morgan fingerprint density at radius 3 is 0.800 bits per heavy atom. The highest BCUT2D eigenvalue weighted by Gasteiger charge is 2.29. The summed E-state index contributed by atoms with van der Waals surface area (Å²) in [4.78, 5) is 58.7. The third kappa shape index (κ3) is 80.5. The number of allylic oxidation sites excluding steroid dienone is 22. The SMILES string of the molecule is CC/C=C\C/C=C\C/C=C\C/C=C\C/C=C\CCCCCCCCCCCCCCCC(=O)OCC(O)COP(=O)(O)OCC(O)COP(=O)(O)OCC(COC(=O)CCCCCCCCCCC/C=C\C/C=C\C/C=C\C/C=C\CCCCC)OC(=O)CCCCCCC/C=C\C/C=C\CCCCC. The van der Waals surface area contributed by atoms with Crippen LogP contribution in [0.25, 0.3) is 0 Å². The van der Waals surface area contributed by atoms with Gasteiger partial charge in [-0.2, -0.15) is 0 Å². The molecule has 604 valence electrons. The van der Waals surface area contributed by atoms with E-state index >= 15 is 0 Å². The molecule has 0 aliphatic carbocycles. The quantitative estimate of drug-likeness (QED) is 0.0146. The largest absolute Gasteiger partial charge is 0.472 e. The Morgan fingerprint density at radius 1 is 0.276 bits per heavy atom. The number of aliphatic hydroxyl groups excluding tert-OH is 2. The Kier molecular flexibility index (Phi) is 76.0. The normalized spacial score (nSPS) is 14.6. The van der Waals surface area contributed by atoms with E-state index in [1.165, 1.54) is 128 Å². The number of carbonyl (C=O) groups excluding carboxylic acids is 3. The molecule has 0 rings (SSSR count). The highest BCUT2D eigenvalue weighted by Crippen LogP contribution is 2.45. The number of ether oxygens (including phenoxy) is 3. The molecule has 0 saturated carbocycles. The molecule has 0 aromatic rings. The topological polar surface area (TPSA) is 231 Å². The maximum Gasteiger partial charge on any atom is 0.472 e. The minimum atomic E-state index is -4.94. The predicted molar refractivity (Wildman–Crippen MR) is 436 cm³/mol. The molecular weight excluding hydrogens is 1360 g/mol. The molecule has 0 spiro atoms. The number of phosphoric acid groups is 2. The second-order valence-electron chi connectivity index (χ2n) is 27.5. The van der Waals surface area contributed by atoms with E-state index in [2.05, 4.69) is 154 Å². The summed E-state index contributed by atoms with van der Waals surface area (Å²) in [6.45, 7) is 2.51. The summed E-state index contributed by atoms with van der Waals surface area (Å²) in [5.74, 6) is -1.59. The summed E-state index contributed by atoms with van der Waals surface area (Å²) in [5.41, 5.74) is 0. The fourth-order valence-electron chi connectivity index (χ4n) is 11.0. The third-order valence-corrected chi connectivity index (χ3v) is 19.2. The maximum absolute atomic E-state index is 13.0. The number of carbonyl (C=O) groups is 3. The van der Waals surface area contributed by atoms with Gasteiger partial charge < -0.3 is 34.2 Å². The molecule has 0 aliphatic heterocycles. The molecule has 5 unspecified atom stereocenters. The zero-order valence-corrected chi connectivity index (χ0v) is 67.9. The van der Waals surface area contributed by atoms with Crippen molar-refractivity contribution in [2.45, 2.75) is 360 Å². The van der Waals surface area contributed by atoms with Gasteiger partial charge in [0.1, 0.15) is 25.4 Å². The van der Waals surface area contributed by atoms with E-state index in [1.807, 2.05) is 0 Å². The smallest absolute Gasteiger partial charge is 0.463 e. The van der Waals surface area contributed by atoms with Gasteiger partial charge in [-0.15, -0.1) is 0 Å². The number of hydrogen-bond acceptors (Lipinski definition) is 14. The van der Waals surface area contributed by atoms with E-state index in [0.29, 0.717) is 19.3 Å². The fraction of sp³-hybridized carbons (Fsp3) is 0.713. The van der Waals surface area contributed by atoms with Crippen LogP contribution >= 0.6 is 15.6 Å². The summed E-state index contributed by atoms with van der Waals surface area (Å²) in [5, 5.41) is 20.7. The summed E-state index contributed by atoms with van der Waals surface area (Å²) >= 11 is 0. The number of unbranched alkanes of at least 4 members (excludes halogenated alkanes) is 33. The minimum Gasteiger partial charge on any atom is -0.463 e. The van der Waals surface area contributed by atoms with Crippen LogP contribution in [0.5, 0.6) is 0 Å². The molecule has 0 aliphatic rings. The number of rotatable bonds is 78. The van der Waals surface area contributed by atoms with Crippen LogP contribution in [0.15, 0.2) is 134 Å². The van der Waals surface area contributed by atoms with Gasteiger partial charge in [0.05, 0.1) is 26.4 Å². The molecular formula is C87H150O16P2. The Morgan fingerprint density at radius 2 is 0.505 bits per heavy atom. The van der Waals surface area contributed by atoms with Crippen LogP contribution in [-0.4, -0.2) is 95.9 Å². The lowest BCUT2D eigenvalue weighted by molar-refractivity contribution is -0.161. The molecule has 16 nitrogen and oxygen atoms in total. The van der Waals surface area contributed by atoms with Crippen LogP contribution < -0.4 is 0 Å². The highest BCUT2D eigenvalue weighted by atomic mass is 31.2. The second kappa shape index (κ2) is 79.2. The number of esters is 3. The third-order valence-electron chi connectivity index (χ3n) is 17.3. The Bertz CT molecular complexity index is 2440. The average Bonchev–Trinajstić information content (AvgIpc) is 0.913. The first-order valence-electron chi connectivity index (χ1n) is 41.5. The van der Waals surface area contributed by atoms with Gasteiger partial charge in [0.2, 0.25) is 0 Å². The Balaban J connectivity index is 4.54. The Hall–Kier alpha value is -4.31. The maximum atomic E-state index is 13.0. The van der Waals surface area contributed by atoms with Crippen LogP contribution in [0.2, 0.25) is 0 Å². The number of hydrogen-bond donors (Lipinski definition) is 4.